The summed E-state index contributed by atoms with van der Waals surface area (Å²) < 4.78 is 27.2. The Kier molecular flexibility index (Phi) is 5.94. The molecule has 0 aliphatic carbocycles. The molecule has 0 aromatic rings. The van der Waals surface area contributed by atoms with Crippen molar-refractivity contribution in [3.63, 3.8) is 0 Å². The van der Waals surface area contributed by atoms with E-state index < -0.39 is 26.3 Å². The fourth-order valence-corrected chi connectivity index (χ4v) is 3.45. The molecule has 1 saturated heterocycles. The Hall–Kier alpha value is -0.470. The Morgan fingerprint density at radius 1 is 1.63 bits per heavy atom. The van der Waals surface area contributed by atoms with Gasteiger partial charge < -0.3 is 9.64 Å². The second-order valence-corrected chi connectivity index (χ2v) is 8.06. The van der Waals surface area contributed by atoms with Gasteiger partial charge in [-0.25, -0.2) is 13.2 Å². The standard InChI is InChI=1S/C10H16ClNO5S2/c1-17-10(14)8(3-4-18-2)12-6-7(5-9(12)13)19(11,15)16/h7-8H,3-6H2,1-2H3. The van der Waals surface area contributed by atoms with Crippen molar-refractivity contribution in [3.05, 3.63) is 0 Å². The van der Waals surface area contributed by atoms with E-state index >= 15 is 0 Å². The average Bonchev–Trinajstić information content (AvgIpc) is 2.71. The highest BCUT2D eigenvalue weighted by atomic mass is 35.7. The molecule has 0 spiro atoms. The van der Waals surface area contributed by atoms with Crippen LogP contribution in [0.3, 0.4) is 0 Å². The molecular weight excluding hydrogens is 314 g/mol. The Labute approximate surface area is 121 Å². The van der Waals surface area contributed by atoms with Crippen molar-refractivity contribution in [3.8, 4) is 0 Å². The molecule has 0 bridgehead atoms. The van der Waals surface area contributed by atoms with E-state index in [4.69, 9.17) is 10.7 Å². The van der Waals surface area contributed by atoms with Gasteiger partial charge in [0.25, 0.3) is 0 Å². The van der Waals surface area contributed by atoms with E-state index in [0.717, 1.165) is 0 Å². The van der Waals surface area contributed by atoms with Crippen LogP contribution in [0.15, 0.2) is 0 Å². The summed E-state index contributed by atoms with van der Waals surface area (Å²) in [5.74, 6) is -0.247. The maximum Gasteiger partial charge on any atom is 0.328 e. The van der Waals surface area contributed by atoms with Gasteiger partial charge in [-0.15, -0.1) is 0 Å². The van der Waals surface area contributed by atoms with Crippen LogP contribution in [0.2, 0.25) is 0 Å². The molecule has 1 amide bonds. The molecule has 0 N–H and O–H groups in total. The van der Waals surface area contributed by atoms with Gasteiger partial charge in [0.1, 0.15) is 11.3 Å². The molecule has 1 heterocycles. The monoisotopic (exact) mass is 329 g/mol. The van der Waals surface area contributed by atoms with Crippen LogP contribution >= 0.6 is 22.4 Å². The van der Waals surface area contributed by atoms with Gasteiger partial charge in [-0.1, -0.05) is 0 Å². The van der Waals surface area contributed by atoms with E-state index in [1.165, 1.54) is 23.8 Å². The largest absolute Gasteiger partial charge is 0.467 e. The first kappa shape index (κ1) is 16.6. The van der Waals surface area contributed by atoms with Crippen molar-refractivity contribution in [2.75, 3.05) is 25.7 Å². The lowest BCUT2D eigenvalue weighted by atomic mass is 10.2. The van der Waals surface area contributed by atoms with Crippen LogP contribution in [-0.2, 0) is 23.4 Å². The summed E-state index contributed by atoms with van der Waals surface area (Å²) in [7, 11) is 2.70. The summed E-state index contributed by atoms with van der Waals surface area (Å²) >= 11 is 1.53. The fourth-order valence-electron chi connectivity index (χ4n) is 1.95. The van der Waals surface area contributed by atoms with Crippen LogP contribution in [-0.4, -0.2) is 62.1 Å². The number of likely N-dealkylation sites (tertiary alicyclic amines) is 1. The number of rotatable bonds is 6. The van der Waals surface area contributed by atoms with Crippen LogP contribution in [0.25, 0.3) is 0 Å². The number of halogens is 1. The molecule has 6 nitrogen and oxygen atoms in total. The molecule has 0 aromatic heterocycles. The number of thioether (sulfide) groups is 1. The van der Waals surface area contributed by atoms with Gasteiger partial charge in [-0.2, -0.15) is 11.8 Å². The van der Waals surface area contributed by atoms with Crippen LogP contribution in [0.4, 0.5) is 0 Å². The third kappa shape index (κ3) is 4.25. The molecule has 0 saturated carbocycles. The van der Waals surface area contributed by atoms with Crippen LogP contribution in [0, 0.1) is 0 Å². The minimum atomic E-state index is -3.80. The van der Waals surface area contributed by atoms with Crippen LogP contribution in [0.5, 0.6) is 0 Å². The van der Waals surface area contributed by atoms with E-state index in [1.54, 1.807) is 0 Å². The van der Waals surface area contributed by atoms with Gasteiger partial charge in [-0.05, 0) is 18.4 Å². The summed E-state index contributed by atoms with van der Waals surface area (Å²) in [6.07, 6.45) is 2.12. The van der Waals surface area contributed by atoms with Crippen LogP contribution in [0.1, 0.15) is 12.8 Å². The molecule has 1 rings (SSSR count). The van der Waals surface area contributed by atoms with E-state index in [1.807, 2.05) is 6.26 Å². The highest BCUT2D eigenvalue weighted by molar-refractivity contribution is 8.14. The van der Waals surface area contributed by atoms with Gasteiger partial charge in [0.05, 0.1) is 7.11 Å². The van der Waals surface area contributed by atoms with Gasteiger partial charge in [0.2, 0.25) is 15.0 Å². The lowest BCUT2D eigenvalue weighted by molar-refractivity contribution is -0.151. The first-order valence-electron chi connectivity index (χ1n) is 5.61. The first-order chi connectivity index (χ1) is 8.81. The number of amides is 1. The Bertz CT molecular complexity index is 453. The van der Waals surface area contributed by atoms with Crippen molar-refractivity contribution in [2.45, 2.75) is 24.1 Å². The number of esters is 1. The van der Waals surface area contributed by atoms with Crippen molar-refractivity contribution < 1.29 is 22.7 Å². The second-order valence-electron chi connectivity index (χ2n) is 4.17. The predicted molar refractivity (Wildman–Crippen MR) is 73.7 cm³/mol. The number of ether oxygens (including phenoxy) is 1. The predicted octanol–water partition coefficient (Wildman–Crippen LogP) is 0.451. The second kappa shape index (κ2) is 6.81. The molecule has 2 unspecified atom stereocenters. The number of hydrogen-bond acceptors (Lipinski definition) is 6. The number of carbonyl (C=O) groups is 2. The number of methoxy groups -OCH3 is 1. The third-order valence-corrected chi connectivity index (χ3v) is 5.48. The topological polar surface area (TPSA) is 80.8 Å². The lowest BCUT2D eigenvalue weighted by Gasteiger charge is -2.25. The maximum absolute atomic E-state index is 11.8. The van der Waals surface area contributed by atoms with Gasteiger partial charge in [0, 0.05) is 23.6 Å². The third-order valence-electron chi connectivity index (χ3n) is 2.97. The van der Waals surface area contributed by atoms with Gasteiger partial charge >= 0.3 is 5.97 Å². The van der Waals surface area contributed by atoms with Crippen molar-refractivity contribution in [1.82, 2.24) is 4.90 Å². The van der Waals surface area contributed by atoms with E-state index in [0.29, 0.717) is 12.2 Å². The zero-order chi connectivity index (χ0) is 14.6. The van der Waals surface area contributed by atoms with Gasteiger partial charge in [-0.3, -0.25) is 4.79 Å². The summed E-state index contributed by atoms with van der Waals surface area (Å²) in [5, 5.41) is -0.955. The number of hydrogen-bond donors (Lipinski definition) is 0. The fraction of sp³-hybridized carbons (Fsp3) is 0.800. The Balaban J connectivity index is 2.85. The van der Waals surface area contributed by atoms with E-state index in [-0.39, 0.29) is 18.9 Å². The SMILES string of the molecule is COC(=O)C(CCSC)N1CC(S(=O)(=O)Cl)CC1=O. The minimum absolute atomic E-state index is 0.0567. The zero-order valence-electron chi connectivity index (χ0n) is 10.7. The molecule has 1 aliphatic heterocycles. The molecule has 9 heteroatoms. The molecule has 1 fully saturated rings. The van der Waals surface area contributed by atoms with Crippen molar-refractivity contribution in [2.24, 2.45) is 0 Å². The molecule has 110 valence electrons. The average molecular weight is 330 g/mol. The van der Waals surface area contributed by atoms with Gasteiger partial charge in [0.15, 0.2) is 0 Å². The maximum atomic E-state index is 11.8. The molecule has 0 radical (unpaired) electrons. The molecular formula is C10H16ClNO5S2. The quantitative estimate of drug-likeness (QED) is 0.520. The summed E-state index contributed by atoms with van der Waals surface area (Å²) in [6.45, 7) is -0.0567. The molecule has 19 heavy (non-hydrogen) atoms. The Morgan fingerprint density at radius 2 is 2.26 bits per heavy atom. The molecule has 0 aromatic carbocycles. The summed E-state index contributed by atoms with van der Waals surface area (Å²) in [6, 6.07) is -0.742. The summed E-state index contributed by atoms with van der Waals surface area (Å²) in [5.41, 5.74) is 0. The van der Waals surface area contributed by atoms with E-state index in [2.05, 4.69) is 4.74 Å². The van der Waals surface area contributed by atoms with Crippen LogP contribution < -0.4 is 0 Å². The highest BCUT2D eigenvalue weighted by Crippen LogP contribution is 2.25. The Morgan fingerprint density at radius 3 is 2.68 bits per heavy atom. The normalized spacial score (nSPS) is 21.5. The van der Waals surface area contributed by atoms with Crippen molar-refractivity contribution in [1.29, 1.82) is 0 Å². The highest BCUT2D eigenvalue weighted by Gasteiger charge is 2.42. The zero-order valence-corrected chi connectivity index (χ0v) is 13.1. The first-order valence-corrected chi connectivity index (χ1v) is 9.37. The number of nitrogens with zero attached hydrogens (tertiary/aromatic N) is 1. The molecule has 2 atom stereocenters. The minimum Gasteiger partial charge on any atom is -0.467 e. The van der Waals surface area contributed by atoms with E-state index in [9.17, 15) is 18.0 Å². The van der Waals surface area contributed by atoms with Crippen molar-refractivity contribution >= 4 is 43.4 Å². The number of carbonyl (C=O) groups excluding carboxylic acids is 2. The summed E-state index contributed by atoms with van der Waals surface area (Å²) in [4.78, 5) is 24.8. The lowest BCUT2D eigenvalue weighted by Crippen LogP contribution is -2.43. The molecule has 1 aliphatic rings. The smallest absolute Gasteiger partial charge is 0.328 e.